The molecule has 4 aromatic rings. The van der Waals surface area contributed by atoms with Crippen molar-refractivity contribution in [3.63, 3.8) is 0 Å². The molecule has 152 valence electrons. The van der Waals surface area contributed by atoms with E-state index in [2.05, 4.69) is 20.4 Å². The number of aromatic nitrogens is 5. The first-order valence-electron chi connectivity index (χ1n) is 9.14. The molecule has 0 saturated heterocycles. The highest BCUT2D eigenvalue weighted by molar-refractivity contribution is 7.99. The average molecular weight is 422 g/mol. The highest BCUT2D eigenvalue weighted by atomic mass is 32.2. The van der Waals surface area contributed by atoms with Crippen LogP contribution in [0.15, 0.2) is 58.1 Å². The van der Waals surface area contributed by atoms with Crippen molar-refractivity contribution >= 4 is 17.4 Å². The van der Waals surface area contributed by atoms with E-state index in [4.69, 9.17) is 4.42 Å². The summed E-state index contributed by atoms with van der Waals surface area (Å²) in [7, 11) is 1.92. The Balaban J connectivity index is 1.52. The second-order valence-corrected chi connectivity index (χ2v) is 8.00. The number of benzene rings is 2. The second kappa shape index (κ2) is 8.07. The van der Waals surface area contributed by atoms with E-state index in [1.165, 1.54) is 23.9 Å². The Morgan fingerprint density at radius 2 is 1.80 bits per heavy atom. The fourth-order valence-corrected chi connectivity index (χ4v) is 3.77. The van der Waals surface area contributed by atoms with Crippen LogP contribution >= 0.6 is 11.8 Å². The molecular formula is C20H18N6O3S. The van der Waals surface area contributed by atoms with E-state index in [0.717, 1.165) is 22.1 Å². The highest BCUT2D eigenvalue weighted by Crippen LogP contribution is 2.35. The van der Waals surface area contributed by atoms with E-state index in [1.807, 2.05) is 49.7 Å². The molecular weight excluding hydrogens is 404 g/mol. The maximum Gasteiger partial charge on any atom is 0.269 e. The molecule has 0 saturated carbocycles. The van der Waals surface area contributed by atoms with Crippen molar-refractivity contribution in [1.82, 2.24) is 25.0 Å². The Kier molecular flexibility index (Phi) is 5.32. The molecule has 0 unspecified atom stereocenters. The van der Waals surface area contributed by atoms with Crippen LogP contribution in [0.3, 0.4) is 0 Å². The highest BCUT2D eigenvalue weighted by Gasteiger charge is 2.21. The monoisotopic (exact) mass is 422 g/mol. The summed E-state index contributed by atoms with van der Waals surface area (Å²) in [6.07, 6.45) is 0. The van der Waals surface area contributed by atoms with Crippen LogP contribution < -0.4 is 0 Å². The molecule has 30 heavy (non-hydrogen) atoms. The molecule has 1 atom stereocenters. The van der Waals surface area contributed by atoms with Crippen molar-refractivity contribution < 1.29 is 9.34 Å². The molecule has 0 N–H and O–H groups in total. The molecule has 0 bridgehead atoms. The maximum absolute atomic E-state index is 10.8. The molecule has 4 rings (SSSR count). The molecule has 0 aliphatic rings. The molecule has 0 aliphatic heterocycles. The van der Waals surface area contributed by atoms with E-state index in [1.54, 1.807) is 12.1 Å². The summed E-state index contributed by atoms with van der Waals surface area (Å²) >= 11 is 1.46. The van der Waals surface area contributed by atoms with E-state index < -0.39 is 4.92 Å². The van der Waals surface area contributed by atoms with E-state index in [9.17, 15) is 10.1 Å². The van der Waals surface area contributed by atoms with Gasteiger partial charge in [-0.05, 0) is 31.5 Å². The summed E-state index contributed by atoms with van der Waals surface area (Å²) in [5.74, 6) is 1.54. The Morgan fingerprint density at radius 1 is 1.07 bits per heavy atom. The predicted molar refractivity (Wildman–Crippen MR) is 112 cm³/mol. The number of aryl methyl sites for hydroxylation is 1. The van der Waals surface area contributed by atoms with Crippen molar-refractivity contribution in [2.75, 3.05) is 0 Å². The van der Waals surface area contributed by atoms with Gasteiger partial charge in [-0.3, -0.25) is 10.1 Å². The van der Waals surface area contributed by atoms with Crippen molar-refractivity contribution in [2.24, 2.45) is 7.05 Å². The van der Waals surface area contributed by atoms with Crippen LogP contribution in [0.25, 0.3) is 22.8 Å². The minimum atomic E-state index is -0.451. The van der Waals surface area contributed by atoms with Gasteiger partial charge in [-0.1, -0.05) is 36.0 Å². The van der Waals surface area contributed by atoms with E-state index >= 15 is 0 Å². The average Bonchev–Trinajstić information content (AvgIpc) is 3.37. The number of hydrogen-bond donors (Lipinski definition) is 0. The Hall–Kier alpha value is -3.53. The Labute approximate surface area is 176 Å². The SMILES string of the molecule is Cc1ccccc1-c1nnc(S[C@@H](C)c2nnc(-c3ccc([N+](=O)[O-])cc3)o2)n1C. The zero-order chi connectivity index (χ0) is 21.3. The van der Waals surface area contributed by atoms with Crippen LogP contribution in [0.4, 0.5) is 5.69 Å². The van der Waals surface area contributed by atoms with Gasteiger partial charge < -0.3 is 8.98 Å². The normalized spacial score (nSPS) is 12.1. The van der Waals surface area contributed by atoms with Crippen LogP contribution in [-0.2, 0) is 7.05 Å². The summed E-state index contributed by atoms with van der Waals surface area (Å²) < 4.78 is 7.73. The summed E-state index contributed by atoms with van der Waals surface area (Å²) in [4.78, 5) is 10.3. The molecule has 2 aromatic carbocycles. The van der Waals surface area contributed by atoms with Gasteiger partial charge in [0, 0.05) is 30.3 Å². The zero-order valence-electron chi connectivity index (χ0n) is 16.5. The van der Waals surface area contributed by atoms with Gasteiger partial charge in [0.15, 0.2) is 11.0 Å². The number of nitrogens with zero attached hydrogens (tertiary/aromatic N) is 6. The quantitative estimate of drug-likeness (QED) is 0.252. The molecule has 0 amide bonds. The first-order chi connectivity index (χ1) is 14.4. The van der Waals surface area contributed by atoms with Gasteiger partial charge in [-0.2, -0.15) is 0 Å². The third-order valence-electron chi connectivity index (χ3n) is 4.62. The third kappa shape index (κ3) is 3.81. The number of rotatable bonds is 6. The molecule has 2 aromatic heterocycles. The maximum atomic E-state index is 10.8. The first kappa shape index (κ1) is 19.8. The van der Waals surface area contributed by atoms with Crippen LogP contribution in [0.2, 0.25) is 0 Å². The fraction of sp³-hybridized carbons (Fsp3) is 0.200. The number of thioether (sulfide) groups is 1. The van der Waals surface area contributed by atoms with Crippen LogP contribution in [0, 0.1) is 17.0 Å². The number of nitro benzene ring substituents is 1. The van der Waals surface area contributed by atoms with E-state index in [-0.39, 0.29) is 10.9 Å². The van der Waals surface area contributed by atoms with Crippen LogP contribution in [0.5, 0.6) is 0 Å². The predicted octanol–water partition coefficient (Wildman–Crippen LogP) is 4.60. The molecule has 0 fully saturated rings. The lowest BCUT2D eigenvalue weighted by molar-refractivity contribution is -0.384. The fourth-order valence-electron chi connectivity index (χ4n) is 2.93. The molecule has 0 aliphatic carbocycles. The van der Waals surface area contributed by atoms with Gasteiger partial charge in [-0.25, -0.2) is 0 Å². The topological polar surface area (TPSA) is 113 Å². The third-order valence-corrected chi connectivity index (χ3v) is 5.74. The van der Waals surface area contributed by atoms with Gasteiger partial charge >= 0.3 is 0 Å². The van der Waals surface area contributed by atoms with E-state index in [0.29, 0.717) is 17.3 Å². The molecule has 0 radical (unpaired) electrons. The zero-order valence-corrected chi connectivity index (χ0v) is 17.3. The second-order valence-electron chi connectivity index (χ2n) is 6.69. The molecule has 2 heterocycles. The van der Waals surface area contributed by atoms with Gasteiger partial charge in [0.1, 0.15) is 0 Å². The summed E-state index contributed by atoms with van der Waals surface area (Å²) in [6.45, 7) is 3.98. The van der Waals surface area contributed by atoms with Crippen molar-refractivity contribution in [2.45, 2.75) is 24.3 Å². The Bertz CT molecular complexity index is 1200. The molecule has 9 nitrogen and oxygen atoms in total. The minimum absolute atomic E-state index is 0.00847. The van der Waals surface area contributed by atoms with Gasteiger partial charge in [0.2, 0.25) is 11.8 Å². The molecule has 10 heteroatoms. The van der Waals surface area contributed by atoms with Gasteiger partial charge in [0.05, 0.1) is 10.2 Å². The first-order valence-corrected chi connectivity index (χ1v) is 10.0. The van der Waals surface area contributed by atoms with Crippen LogP contribution in [0.1, 0.15) is 23.6 Å². The standard InChI is InChI=1S/C20H18N6O3S/c1-12-6-4-5-7-16(12)17-21-24-20(25(17)3)30-13(2)18-22-23-19(29-18)14-8-10-15(11-9-14)26(27)28/h4-11,13H,1-3H3/t13-/m0/s1. The number of nitro groups is 1. The summed E-state index contributed by atoms with van der Waals surface area (Å²) in [5, 5.41) is 28.2. The minimum Gasteiger partial charge on any atom is -0.419 e. The number of non-ortho nitro benzene ring substituents is 1. The van der Waals surface area contributed by atoms with Gasteiger partial charge in [-0.15, -0.1) is 20.4 Å². The van der Waals surface area contributed by atoms with Crippen molar-refractivity contribution in [3.8, 4) is 22.8 Å². The summed E-state index contributed by atoms with van der Waals surface area (Å²) in [6, 6.07) is 14.0. The Morgan fingerprint density at radius 3 is 2.50 bits per heavy atom. The van der Waals surface area contributed by atoms with Gasteiger partial charge in [0.25, 0.3) is 5.69 Å². The molecule has 0 spiro atoms. The smallest absolute Gasteiger partial charge is 0.269 e. The largest absolute Gasteiger partial charge is 0.419 e. The summed E-state index contributed by atoms with van der Waals surface area (Å²) in [5.41, 5.74) is 2.79. The number of hydrogen-bond acceptors (Lipinski definition) is 8. The lowest BCUT2D eigenvalue weighted by Gasteiger charge is -2.08. The van der Waals surface area contributed by atoms with Crippen LogP contribution in [-0.4, -0.2) is 29.9 Å². The lowest BCUT2D eigenvalue weighted by atomic mass is 10.1. The lowest BCUT2D eigenvalue weighted by Crippen LogP contribution is -1.98. The van der Waals surface area contributed by atoms with Crippen molar-refractivity contribution in [1.29, 1.82) is 0 Å². The van der Waals surface area contributed by atoms with Crippen molar-refractivity contribution in [3.05, 3.63) is 70.1 Å².